The fourth-order valence-corrected chi connectivity index (χ4v) is 6.11. The van der Waals surface area contributed by atoms with Crippen LogP contribution in [-0.4, -0.2) is 79.1 Å². The van der Waals surface area contributed by atoms with E-state index in [0.717, 1.165) is 61.2 Å². The van der Waals surface area contributed by atoms with Crippen LogP contribution in [0.5, 0.6) is 23.0 Å². The predicted molar refractivity (Wildman–Crippen MR) is 173 cm³/mol. The van der Waals surface area contributed by atoms with Gasteiger partial charge in [0, 0.05) is 42.1 Å². The minimum atomic E-state index is -0.254. The van der Waals surface area contributed by atoms with E-state index < -0.39 is 0 Å². The molecule has 0 spiro atoms. The molecule has 0 N–H and O–H groups in total. The lowest BCUT2D eigenvalue weighted by Gasteiger charge is -2.26. The molecular formula is C34H37BrN2O6. The van der Waals surface area contributed by atoms with Gasteiger partial charge in [0.1, 0.15) is 0 Å². The van der Waals surface area contributed by atoms with Gasteiger partial charge in [-0.05, 0) is 63.1 Å². The number of amides is 1. The number of rotatable bonds is 10. The first-order valence-electron chi connectivity index (χ1n) is 14.2. The number of fused-ring (bicyclic) bond motifs is 1. The molecule has 8 nitrogen and oxygen atoms in total. The van der Waals surface area contributed by atoms with E-state index in [1.165, 1.54) is 12.7 Å². The minimum absolute atomic E-state index is 0.254. The smallest absolute Gasteiger partial charge is 0.263 e. The van der Waals surface area contributed by atoms with Crippen LogP contribution in [-0.2, 0) is 11.2 Å². The third-order valence-electron chi connectivity index (χ3n) is 7.94. The molecular weight excluding hydrogens is 612 g/mol. The molecule has 0 bridgehead atoms. The van der Waals surface area contributed by atoms with Crippen LogP contribution in [0.1, 0.15) is 15.9 Å². The standard InChI is InChI=1S/C34H37BrN2O6/c1-36(34(38)31-26(35)13-14-28(39-2)32(31)41-4)27-8-6-7-24-25(27)21-29(40-3)33(42-5)30(24)23-11-9-22(10-12-23)15-16-37-17-19-43-20-18-37/h6-14,21H,15-20H2,1-5H3. The summed E-state index contributed by atoms with van der Waals surface area (Å²) >= 11 is 3.54. The van der Waals surface area contributed by atoms with Crippen molar-refractivity contribution in [3.8, 4) is 34.1 Å². The van der Waals surface area contributed by atoms with Crippen molar-refractivity contribution >= 4 is 38.3 Å². The van der Waals surface area contributed by atoms with E-state index in [9.17, 15) is 4.79 Å². The highest BCUT2D eigenvalue weighted by Crippen LogP contribution is 2.46. The highest BCUT2D eigenvalue weighted by Gasteiger charge is 2.26. The Balaban J connectivity index is 1.56. The first-order chi connectivity index (χ1) is 20.9. The molecule has 1 aliphatic rings. The number of hydrogen-bond donors (Lipinski definition) is 0. The number of benzene rings is 4. The third-order valence-corrected chi connectivity index (χ3v) is 8.60. The Morgan fingerprint density at radius 3 is 2.21 bits per heavy atom. The van der Waals surface area contributed by atoms with Crippen LogP contribution in [0.4, 0.5) is 5.69 Å². The van der Waals surface area contributed by atoms with E-state index >= 15 is 0 Å². The van der Waals surface area contributed by atoms with Gasteiger partial charge < -0.3 is 28.6 Å². The molecule has 4 aromatic carbocycles. The lowest BCUT2D eigenvalue weighted by Crippen LogP contribution is -2.37. The second-order valence-electron chi connectivity index (χ2n) is 10.3. The predicted octanol–water partition coefficient (Wildman–Crippen LogP) is 6.46. The number of carbonyl (C=O) groups is 1. The summed E-state index contributed by atoms with van der Waals surface area (Å²) in [5.74, 6) is 1.80. The molecule has 5 rings (SSSR count). The maximum atomic E-state index is 14.0. The summed E-state index contributed by atoms with van der Waals surface area (Å²) < 4.78 is 28.9. The van der Waals surface area contributed by atoms with Crippen molar-refractivity contribution in [1.82, 2.24) is 4.90 Å². The quantitative estimate of drug-likeness (QED) is 0.196. The van der Waals surface area contributed by atoms with E-state index in [1.54, 1.807) is 45.4 Å². The highest BCUT2D eigenvalue weighted by atomic mass is 79.9. The summed E-state index contributed by atoms with van der Waals surface area (Å²) in [5.41, 5.74) is 4.25. The van der Waals surface area contributed by atoms with E-state index in [-0.39, 0.29) is 5.91 Å². The fourth-order valence-electron chi connectivity index (χ4n) is 5.63. The topological polar surface area (TPSA) is 69.7 Å². The van der Waals surface area contributed by atoms with Crippen molar-refractivity contribution < 1.29 is 28.5 Å². The monoisotopic (exact) mass is 648 g/mol. The Morgan fingerprint density at radius 1 is 0.860 bits per heavy atom. The van der Waals surface area contributed by atoms with Gasteiger partial charge in [-0.25, -0.2) is 0 Å². The Labute approximate surface area is 261 Å². The lowest BCUT2D eigenvalue weighted by molar-refractivity contribution is 0.0384. The Morgan fingerprint density at radius 2 is 1.56 bits per heavy atom. The zero-order chi connectivity index (χ0) is 30.5. The van der Waals surface area contributed by atoms with E-state index in [0.29, 0.717) is 38.7 Å². The van der Waals surface area contributed by atoms with Crippen LogP contribution in [0.3, 0.4) is 0 Å². The average Bonchev–Trinajstić information content (AvgIpc) is 3.05. The molecule has 0 saturated carbocycles. The Hall–Kier alpha value is -3.79. The lowest BCUT2D eigenvalue weighted by atomic mass is 9.94. The summed E-state index contributed by atoms with van der Waals surface area (Å²) in [5, 5.41) is 1.79. The number of halogens is 1. The largest absolute Gasteiger partial charge is 0.493 e. The van der Waals surface area contributed by atoms with E-state index in [4.69, 9.17) is 23.7 Å². The van der Waals surface area contributed by atoms with Gasteiger partial charge in [-0.1, -0.05) is 36.4 Å². The van der Waals surface area contributed by atoms with Crippen LogP contribution in [0.2, 0.25) is 0 Å². The molecule has 1 heterocycles. The molecule has 1 amide bonds. The maximum absolute atomic E-state index is 14.0. The maximum Gasteiger partial charge on any atom is 0.263 e. The van der Waals surface area contributed by atoms with Gasteiger partial charge in [0.2, 0.25) is 0 Å². The Kier molecular flexibility index (Phi) is 9.75. The first-order valence-corrected chi connectivity index (χ1v) is 15.0. The van der Waals surface area contributed by atoms with E-state index in [2.05, 4.69) is 45.1 Å². The fraction of sp³-hybridized carbons (Fsp3) is 0.324. The molecule has 0 atom stereocenters. The van der Waals surface area contributed by atoms with Crippen molar-refractivity contribution in [1.29, 1.82) is 0 Å². The second-order valence-corrected chi connectivity index (χ2v) is 11.1. The van der Waals surface area contributed by atoms with E-state index in [1.807, 2.05) is 24.3 Å². The zero-order valence-corrected chi connectivity index (χ0v) is 26.8. The first kappa shape index (κ1) is 30.7. The summed E-state index contributed by atoms with van der Waals surface area (Å²) in [6.45, 7) is 4.56. The minimum Gasteiger partial charge on any atom is -0.493 e. The third kappa shape index (κ3) is 6.16. The van der Waals surface area contributed by atoms with Gasteiger partial charge >= 0.3 is 0 Å². The van der Waals surface area contributed by atoms with Crippen molar-refractivity contribution in [2.45, 2.75) is 6.42 Å². The summed E-state index contributed by atoms with van der Waals surface area (Å²) in [7, 11) is 8.10. The molecule has 0 radical (unpaired) electrons. The van der Waals surface area contributed by atoms with Crippen molar-refractivity contribution in [3.05, 3.63) is 76.3 Å². The summed E-state index contributed by atoms with van der Waals surface area (Å²) in [6, 6.07) is 20.0. The van der Waals surface area contributed by atoms with Gasteiger partial charge in [-0.2, -0.15) is 0 Å². The number of methoxy groups -OCH3 is 4. The van der Waals surface area contributed by atoms with Gasteiger partial charge in [0.05, 0.1) is 52.9 Å². The molecule has 0 unspecified atom stereocenters. The summed E-state index contributed by atoms with van der Waals surface area (Å²) in [6.07, 6.45) is 0.969. The van der Waals surface area contributed by atoms with Crippen LogP contribution in [0, 0.1) is 0 Å². The van der Waals surface area contributed by atoms with Gasteiger partial charge in [-0.3, -0.25) is 9.69 Å². The number of nitrogens with zero attached hydrogens (tertiary/aromatic N) is 2. The zero-order valence-electron chi connectivity index (χ0n) is 25.2. The molecule has 1 saturated heterocycles. The molecule has 0 aromatic heterocycles. The highest BCUT2D eigenvalue weighted by molar-refractivity contribution is 9.10. The van der Waals surface area contributed by atoms with Crippen LogP contribution < -0.4 is 23.8 Å². The molecule has 4 aromatic rings. The van der Waals surface area contributed by atoms with Gasteiger partial charge in [0.15, 0.2) is 23.0 Å². The molecule has 43 heavy (non-hydrogen) atoms. The Bertz CT molecular complexity index is 1600. The number of morpholine rings is 1. The van der Waals surface area contributed by atoms with Crippen molar-refractivity contribution in [3.63, 3.8) is 0 Å². The van der Waals surface area contributed by atoms with Crippen LogP contribution in [0.15, 0.2) is 65.1 Å². The summed E-state index contributed by atoms with van der Waals surface area (Å²) in [4.78, 5) is 18.1. The van der Waals surface area contributed by atoms with Gasteiger partial charge in [-0.15, -0.1) is 0 Å². The van der Waals surface area contributed by atoms with Crippen LogP contribution in [0.25, 0.3) is 21.9 Å². The molecule has 226 valence electrons. The SMILES string of the molecule is COc1ccc(Br)c(C(=O)N(C)c2cccc3c(-c4ccc(CCN5CCOCC5)cc4)c(OC)c(OC)cc23)c1OC. The van der Waals surface area contributed by atoms with Crippen molar-refractivity contribution in [2.75, 3.05) is 73.2 Å². The number of hydrogen-bond acceptors (Lipinski definition) is 7. The molecule has 9 heteroatoms. The normalized spacial score (nSPS) is 13.5. The van der Waals surface area contributed by atoms with Gasteiger partial charge in [0.25, 0.3) is 5.91 Å². The molecule has 1 fully saturated rings. The number of anilines is 1. The average molecular weight is 650 g/mol. The second kappa shape index (κ2) is 13.7. The molecule has 0 aliphatic carbocycles. The van der Waals surface area contributed by atoms with Crippen LogP contribution >= 0.6 is 15.9 Å². The van der Waals surface area contributed by atoms with Crippen molar-refractivity contribution in [2.24, 2.45) is 0 Å². The number of carbonyl (C=O) groups excluding carboxylic acids is 1. The number of ether oxygens (including phenoxy) is 5. The molecule has 1 aliphatic heterocycles.